The van der Waals surface area contributed by atoms with Crippen LogP contribution in [0, 0.1) is 12.8 Å². The number of hydrogen-bond donors (Lipinski definition) is 1. The molecule has 0 spiro atoms. The fraction of sp³-hybridized carbons (Fsp3) is 0.438. The van der Waals surface area contributed by atoms with Crippen LogP contribution in [-0.2, 0) is 10.0 Å². The second-order valence-electron chi connectivity index (χ2n) is 6.07. The molecular weight excluding hydrogens is 298 g/mol. The summed E-state index contributed by atoms with van der Waals surface area (Å²) in [4.78, 5) is 4.66. The van der Waals surface area contributed by atoms with Crippen LogP contribution < -0.4 is 5.73 Å². The van der Waals surface area contributed by atoms with Crippen molar-refractivity contribution in [1.82, 2.24) is 9.29 Å². The molecule has 6 heteroatoms. The van der Waals surface area contributed by atoms with Gasteiger partial charge < -0.3 is 5.73 Å². The molecular formula is C16H21N3O2S. The number of pyridine rings is 1. The number of hydrogen-bond acceptors (Lipinski definition) is 4. The molecule has 22 heavy (non-hydrogen) atoms. The Morgan fingerprint density at radius 1 is 1.32 bits per heavy atom. The molecule has 0 aliphatic carbocycles. The number of rotatable bonds is 2. The summed E-state index contributed by atoms with van der Waals surface area (Å²) in [5, 5.41) is 0.685. The quantitative estimate of drug-likeness (QED) is 0.917. The van der Waals surface area contributed by atoms with Crippen molar-refractivity contribution in [2.45, 2.75) is 31.2 Å². The molecule has 0 bridgehead atoms. The van der Waals surface area contributed by atoms with E-state index in [1.165, 1.54) is 0 Å². The minimum absolute atomic E-state index is 0.0721. The van der Waals surface area contributed by atoms with Crippen LogP contribution in [0.4, 0.5) is 0 Å². The van der Waals surface area contributed by atoms with Gasteiger partial charge in [0, 0.05) is 30.7 Å². The van der Waals surface area contributed by atoms with E-state index in [2.05, 4.69) is 4.98 Å². The van der Waals surface area contributed by atoms with E-state index in [4.69, 9.17) is 5.73 Å². The van der Waals surface area contributed by atoms with Crippen LogP contribution in [0.2, 0.25) is 0 Å². The smallest absolute Gasteiger partial charge is 0.243 e. The number of benzene rings is 1. The molecule has 3 rings (SSSR count). The van der Waals surface area contributed by atoms with Gasteiger partial charge in [0.2, 0.25) is 10.0 Å². The maximum Gasteiger partial charge on any atom is 0.243 e. The predicted octanol–water partition coefficient (Wildman–Crippen LogP) is 1.90. The van der Waals surface area contributed by atoms with Crippen molar-refractivity contribution in [3.05, 3.63) is 36.0 Å². The van der Waals surface area contributed by atoms with Crippen LogP contribution in [0.3, 0.4) is 0 Å². The molecule has 1 saturated heterocycles. The molecule has 2 unspecified atom stereocenters. The molecule has 0 saturated carbocycles. The van der Waals surface area contributed by atoms with Gasteiger partial charge in [-0.05, 0) is 43.0 Å². The highest BCUT2D eigenvalue weighted by Crippen LogP contribution is 2.29. The lowest BCUT2D eigenvalue weighted by Gasteiger charge is -2.34. The van der Waals surface area contributed by atoms with Gasteiger partial charge in [-0.3, -0.25) is 4.98 Å². The lowest BCUT2D eigenvalue weighted by atomic mass is 9.96. The first-order valence-electron chi connectivity index (χ1n) is 7.51. The van der Waals surface area contributed by atoms with Crippen LogP contribution in [-0.4, -0.2) is 36.8 Å². The Labute approximate surface area is 131 Å². The summed E-state index contributed by atoms with van der Waals surface area (Å²) < 4.78 is 27.6. The van der Waals surface area contributed by atoms with Gasteiger partial charge in [-0.2, -0.15) is 4.31 Å². The molecule has 2 N–H and O–H groups in total. The van der Waals surface area contributed by atoms with Crippen LogP contribution >= 0.6 is 0 Å². The summed E-state index contributed by atoms with van der Waals surface area (Å²) in [6.45, 7) is 4.89. The maximum absolute atomic E-state index is 13.0. The molecule has 2 aromatic rings. The van der Waals surface area contributed by atoms with Gasteiger partial charge in [0.05, 0.1) is 10.4 Å². The van der Waals surface area contributed by atoms with Crippen molar-refractivity contribution >= 4 is 20.9 Å². The second-order valence-corrected chi connectivity index (χ2v) is 7.98. The Bertz CT molecular complexity index is 804. The van der Waals surface area contributed by atoms with E-state index in [1.807, 2.05) is 26.0 Å². The van der Waals surface area contributed by atoms with E-state index in [-0.39, 0.29) is 12.0 Å². The summed E-state index contributed by atoms with van der Waals surface area (Å²) in [7, 11) is -3.52. The van der Waals surface area contributed by atoms with Gasteiger partial charge in [-0.25, -0.2) is 8.42 Å². The van der Waals surface area contributed by atoms with Crippen molar-refractivity contribution in [1.29, 1.82) is 0 Å². The molecule has 0 amide bonds. The zero-order valence-corrected chi connectivity index (χ0v) is 13.7. The van der Waals surface area contributed by atoms with Gasteiger partial charge in [0.25, 0.3) is 0 Å². The third-order valence-corrected chi connectivity index (χ3v) is 6.41. The fourth-order valence-electron chi connectivity index (χ4n) is 3.00. The van der Waals surface area contributed by atoms with Crippen molar-refractivity contribution in [2.75, 3.05) is 13.1 Å². The topological polar surface area (TPSA) is 76.3 Å². The predicted molar refractivity (Wildman–Crippen MR) is 87.0 cm³/mol. The van der Waals surface area contributed by atoms with E-state index in [1.54, 1.807) is 22.6 Å². The van der Waals surface area contributed by atoms with Gasteiger partial charge in [-0.1, -0.05) is 13.0 Å². The number of fused-ring (bicyclic) bond motifs is 1. The molecule has 1 aromatic carbocycles. The molecule has 1 aliphatic rings. The Morgan fingerprint density at radius 2 is 2.09 bits per heavy atom. The van der Waals surface area contributed by atoms with Crippen molar-refractivity contribution in [3.8, 4) is 0 Å². The summed E-state index contributed by atoms with van der Waals surface area (Å²) in [6, 6.07) is 7.18. The molecule has 1 fully saturated rings. The fourth-order valence-corrected chi connectivity index (χ4v) is 4.73. The highest BCUT2D eigenvalue weighted by atomic mass is 32.2. The zero-order valence-electron chi connectivity index (χ0n) is 12.9. The number of aryl methyl sites for hydroxylation is 1. The molecule has 1 aromatic heterocycles. The monoisotopic (exact) mass is 319 g/mol. The average Bonchev–Trinajstić information content (AvgIpc) is 2.50. The number of aromatic nitrogens is 1. The SMILES string of the molecule is Cc1ccc(S(=O)(=O)N2CCC(N)C(C)C2)c2cccnc12. The van der Waals surface area contributed by atoms with Crippen molar-refractivity contribution in [3.63, 3.8) is 0 Å². The lowest BCUT2D eigenvalue weighted by molar-refractivity contribution is 0.250. The van der Waals surface area contributed by atoms with Gasteiger partial charge in [0.1, 0.15) is 0 Å². The van der Waals surface area contributed by atoms with Gasteiger partial charge in [-0.15, -0.1) is 0 Å². The summed E-state index contributed by atoms with van der Waals surface area (Å²) >= 11 is 0. The number of sulfonamides is 1. The zero-order chi connectivity index (χ0) is 15.9. The van der Waals surface area contributed by atoms with E-state index >= 15 is 0 Å². The minimum Gasteiger partial charge on any atom is -0.327 e. The molecule has 0 radical (unpaired) electrons. The van der Waals surface area contributed by atoms with Crippen LogP contribution in [0.1, 0.15) is 18.9 Å². The molecule has 2 heterocycles. The summed E-state index contributed by atoms with van der Waals surface area (Å²) in [5.41, 5.74) is 7.72. The Kier molecular flexibility index (Phi) is 3.92. The maximum atomic E-state index is 13.0. The van der Waals surface area contributed by atoms with Crippen molar-refractivity contribution in [2.24, 2.45) is 11.7 Å². The van der Waals surface area contributed by atoms with Crippen molar-refractivity contribution < 1.29 is 8.42 Å². The third-order valence-electron chi connectivity index (χ3n) is 4.48. The first-order chi connectivity index (χ1) is 10.4. The minimum atomic E-state index is -3.52. The van der Waals surface area contributed by atoms with E-state index in [9.17, 15) is 8.42 Å². The highest BCUT2D eigenvalue weighted by Gasteiger charge is 2.33. The normalized spacial score (nSPS) is 23.8. The average molecular weight is 319 g/mol. The van der Waals surface area contributed by atoms with Crippen LogP contribution in [0.15, 0.2) is 35.4 Å². The molecule has 2 atom stereocenters. The lowest BCUT2D eigenvalue weighted by Crippen LogP contribution is -2.48. The Balaban J connectivity index is 2.09. The number of piperidine rings is 1. The van der Waals surface area contributed by atoms with Gasteiger partial charge >= 0.3 is 0 Å². The first kappa shape index (κ1) is 15.4. The number of nitrogens with two attached hydrogens (primary N) is 1. The molecule has 5 nitrogen and oxygen atoms in total. The number of nitrogens with zero attached hydrogens (tertiary/aromatic N) is 2. The Hall–Kier alpha value is -1.50. The van der Waals surface area contributed by atoms with Crippen LogP contribution in [0.5, 0.6) is 0 Å². The van der Waals surface area contributed by atoms with E-state index in [0.717, 1.165) is 11.1 Å². The van der Waals surface area contributed by atoms with E-state index in [0.29, 0.717) is 29.8 Å². The standard InChI is InChI=1S/C16H21N3O2S/c1-11-5-6-15(13-4-3-8-18-16(11)13)22(20,21)19-9-7-14(17)12(2)10-19/h3-6,8,12,14H,7,9-10,17H2,1-2H3. The van der Waals surface area contributed by atoms with Gasteiger partial charge in [0.15, 0.2) is 0 Å². The molecule has 118 valence electrons. The Morgan fingerprint density at radius 3 is 2.82 bits per heavy atom. The van der Waals surface area contributed by atoms with Crippen LogP contribution in [0.25, 0.3) is 10.9 Å². The second kappa shape index (κ2) is 5.61. The largest absolute Gasteiger partial charge is 0.327 e. The summed E-state index contributed by atoms with van der Waals surface area (Å²) in [5.74, 6) is 0.165. The first-order valence-corrected chi connectivity index (χ1v) is 8.95. The summed E-state index contributed by atoms with van der Waals surface area (Å²) in [6.07, 6.45) is 2.39. The highest BCUT2D eigenvalue weighted by molar-refractivity contribution is 7.89. The molecule has 1 aliphatic heterocycles. The third kappa shape index (κ3) is 2.51. The van der Waals surface area contributed by atoms with E-state index < -0.39 is 10.0 Å².